The van der Waals surface area contributed by atoms with E-state index in [9.17, 15) is 18.4 Å². The maximum absolute atomic E-state index is 13.4. The van der Waals surface area contributed by atoms with Crippen molar-refractivity contribution in [3.63, 3.8) is 0 Å². The molecule has 0 spiro atoms. The van der Waals surface area contributed by atoms with E-state index in [-0.39, 0.29) is 19.0 Å². The number of piperidine rings is 1. The number of amides is 1. The molecule has 2 fully saturated rings. The number of carbonyl (C=O) groups is 1. The summed E-state index contributed by atoms with van der Waals surface area (Å²) in [4.78, 5) is 26.5. The van der Waals surface area contributed by atoms with E-state index >= 15 is 0 Å². The molecule has 1 aliphatic heterocycles. The largest absolute Gasteiger partial charge is 0.422 e. The van der Waals surface area contributed by atoms with Crippen molar-refractivity contribution in [1.29, 1.82) is 0 Å². The van der Waals surface area contributed by atoms with E-state index in [1.807, 2.05) is 12.1 Å². The summed E-state index contributed by atoms with van der Waals surface area (Å²) in [6.45, 7) is 0.164. The van der Waals surface area contributed by atoms with Crippen LogP contribution in [0.25, 0.3) is 22.1 Å². The molecule has 5 rings (SSSR count). The van der Waals surface area contributed by atoms with Gasteiger partial charge in [-0.3, -0.25) is 4.79 Å². The van der Waals surface area contributed by atoms with Crippen molar-refractivity contribution >= 4 is 16.9 Å². The fourth-order valence-corrected chi connectivity index (χ4v) is 3.94. The van der Waals surface area contributed by atoms with E-state index in [0.717, 1.165) is 5.39 Å². The number of alkyl halides is 2. The van der Waals surface area contributed by atoms with Crippen LogP contribution in [0.1, 0.15) is 10.4 Å². The summed E-state index contributed by atoms with van der Waals surface area (Å²) in [5.41, 5.74) is 1.31. The summed E-state index contributed by atoms with van der Waals surface area (Å²) in [5.74, 6) is -4.33. The van der Waals surface area contributed by atoms with Gasteiger partial charge in [0.1, 0.15) is 5.58 Å². The first kappa shape index (κ1) is 16.2. The predicted molar refractivity (Wildman–Crippen MR) is 95.8 cm³/mol. The summed E-state index contributed by atoms with van der Waals surface area (Å²) >= 11 is 0. The van der Waals surface area contributed by atoms with Crippen molar-refractivity contribution in [2.24, 2.45) is 11.8 Å². The van der Waals surface area contributed by atoms with Crippen LogP contribution in [0.2, 0.25) is 0 Å². The van der Waals surface area contributed by atoms with Crippen LogP contribution in [0.4, 0.5) is 8.78 Å². The van der Waals surface area contributed by atoms with Gasteiger partial charge >= 0.3 is 5.63 Å². The highest BCUT2D eigenvalue weighted by Crippen LogP contribution is 2.59. The second-order valence-electron chi connectivity index (χ2n) is 7.16. The van der Waals surface area contributed by atoms with Crippen LogP contribution < -0.4 is 5.63 Å². The molecule has 1 saturated heterocycles. The van der Waals surface area contributed by atoms with Gasteiger partial charge in [0, 0.05) is 24.0 Å². The average molecular weight is 367 g/mol. The number of fused-ring (bicyclic) bond motifs is 2. The van der Waals surface area contributed by atoms with Gasteiger partial charge in [0.2, 0.25) is 0 Å². The number of rotatable bonds is 2. The Bertz CT molecular complexity index is 1120. The molecule has 136 valence electrons. The van der Waals surface area contributed by atoms with Crippen LogP contribution in [0, 0.1) is 11.8 Å². The molecule has 2 atom stereocenters. The predicted octanol–water partition coefficient (Wildman–Crippen LogP) is 3.80. The van der Waals surface area contributed by atoms with Crippen molar-refractivity contribution in [2.45, 2.75) is 5.92 Å². The number of para-hydroxylation sites is 1. The minimum Gasteiger partial charge on any atom is -0.422 e. The Balaban J connectivity index is 1.47. The summed E-state index contributed by atoms with van der Waals surface area (Å²) in [6, 6.07) is 15.6. The van der Waals surface area contributed by atoms with Crippen LogP contribution in [0.3, 0.4) is 0 Å². The van der Waals surface area contributed by atoms with Gasteiger partial charge < -0.3 is 9.32 Å². The second kappa shape index (κ2) is 5.49. The molecule has 0 N–H and O–H groups in total. The van der Waals surface area contributed by atoms with Gasteiger partial charge in [0.15, 0.2) is 0 Å². The van der Waals surface area contributed by atoms with Crippen molar-refractivity contribution in [3.05, 3.63) is 70.6 Å². The molecule has 0 bridgehead atoms. The summed E-state index contributed by atoms with van der Waals surface area (Å²) < 4.78 is 32.1. The number of benzene rings is 2. The lowest BCUT2D eigenvalue weighted by atomic mass is 10.0. The highest BCUT2D eigenvalue weighted by Gasteiger charge is 2.72. The van der Waals surface area contributed by atoms with Crippen LogP contribution in [-0.4, -0.2) is 29.8 Å². The average Bonchev–Trinajstić information content (AvgIpc) is 3.01. The maximum atomic E-state index is 13.4. The molecule has 1 saturated carbocycles. The van der Waals surface area contributed by atoms with Gasteiger partial charge in [-0.2, -0.15) is 0 Å². The second-order valence-corrected chi connectivity index (χ2v) is 7.16. The number of halogens is 2. The third-order valence-corrected chi connectivity index (χ3v) is 5.55. The van der Waals surface area contributed by atoms with Crippen molar-refractivity contribution in [2.75, 3.05) is 13.1 Å². The van der Waals surface area contributed by atoms with Gasteiger partial charge in [0.05, 0.1) is 17.4 Å². The van der Waals surface area contributed by atoms with Gasteiger partial charge in [-0.15, -0.1) is 0 Å². The molecule has 1 aliphatic carbocycles. The summed E-state index contributed by atoms with van der Waals surface area (Å²) in [6.07, 6.45) is 0. The zero-order valence-corrected chi connectivity index (χ0v) is 14.2. The quantitative estimate of drug-likeness (QED) is 0.648. The Kier molecular flexibility index (Phi) is 3.29. The van der Waals surface area contributed by atoms with Crippen molar-refractivity contribution in [1.82, 2.24) is 4.90 Å². The zero-order chi connectivity index (χ0) is 18.8. The van der Waals surface area contributed by atoms with E-state index in [1.165, 1.54) is 4.90 Å². The number of nitrogens with zero attached hydrogens (tertiary/aromatic N) is 1. The normalized spacial score (nSPS) is 22.7. The topological polar surface area (TPSA) is 50.5 Å². The standard InChI is InChI=1S/C21H15F2NO3/c22-21(23)16-10-24(11-17(16)21)19(25)14-6-3-5-12(8-14)15-9-13-4-1-2-7-18(13)27-20(15)26/h1-9,16-17H,10-11H2. The fraction of sp³-hybridized carbons (Fsp3) is 0.238. The minimum absolute atomic E-state index is 0.0822. The lowest BCUT2D eigenvalue weighted by Crippen LogP contribution is -2.33. The SMILES string of the molecule is O=C(c1cccc(-c2cc3ccccc3oc2=O)c1)N1CC2C(C1)C2(F)F. The molecule has 4 nitrogen and oxygen atoms in total. The molecule has 2 heterocycles. The van der Waals surface area contributed by atoms with E-state index in [2.05, 4.69) is 0 Å². The fourth-order valence-electron chi connectivity index (χ4n) is 3.94. The lowest BCUT2D eigenvalue weighted by molar-refractivity contribution is 0.0459. The third kappa shape index (κ3) is 2.47. The van der Waals surface area contributed by atoms with Gasteiger partial charge in [-0.25, -0.2) is 13.6 Å². The van der Waals surface area contributed by atoms with Crippen LogP contribution >= 0.6 is 0 Å². The van der Waals surface area contributed by atoms with Gasteiger partial charge in [-0.05, 0) is 29.8 Å². The van der Waals surface area contributed by atoms with E-state index in [4.69, 9.17) is 4.42 Å². The Morgan fingerprint density at radius 2 is 1.78 bits per heavy atom. The van der Waals surface area contributed by atoms with Gasteiger partial charge in [-0.1, -0.05) is 30.3 Å². The summed E-state index contributed by atoms with van der Waals surface area (Å²) in [7, 11) is 0. The molecular formula is C21H15F2NO3. The first-order chi connectivity index (χ1) is 12.9. The number of carbonyl (C=O) groups excluding carboxylic acids is 1. The van der Waals surface area contributed by atoms with E-state index in [1.54, 1.807) is 42.5 Å². The molecular weight excluding hydrogens is 352 g/mol. The Morgan fingerprint density at radius 1 is 1.04 bits per heavy atom. The van der Waals surface area contributed by atoms with Crippen LogP contribution in [0.5, 0.6) is 0 Å². The van der Waals surface area contributed by atoms with Crippen LogP contribution in [-0.2, 0) is 0 Å². The van der Waals surface area contributed by atoms with E-state index in [0.29, 0.717) is 22.3 Å². The number of hydrogen-bond acceptors (Lipinski definition) is 3. The molecule has 2 aromatic carbocycles. The van der Waals surface area contributed by atoms with E-state index < -0.39 is 23.4 Å². The monoisotopic (exact) mass is 367 g/mol. The molecule has 3 aromatic rings. The first-order valence-electron chi connectivity index (χ1n) is 8.75. The Morgan fingerprint density at radius 3 is 2.56 bits per heavy atom. The third-order valence-electron chi connectivity index (χ3n) is 5.55. The first-order valence-corrected chi connectivity index (χ1v) is 8.75. The van der Waals surface area contributed by atoms with Gasteiger partial charge in [0.25, 0.3) is 11.8 Å². The molecule has 6 heteroatoms. The Labute approximate surface area is 153 Å². The number of hydrogen-bond donors (Lipinski definition) is 0. The number of likely N-dealkylation sites (tertiary alicyclic amines) is 1. The zero-order valence-electron chi connectivity index (χ0n) is 14.2. The lowest BCUT2D eigenvalue weighted by Gasteiger charge is -2.20. The molecule has 0 radical (unpaired) electrons. The minimum atomic E-state index is -2.62. The molecule has 1 aromatic heterocycles. The molecule has 1 amide bonds. The Hall–Kier alpha value is -3.02. The summed E-state index contributed by atoms with van der Waals surface area (Å²) in [5, 5.41) is 0.783. The molecule has 27 heavy (non-hydrogen) atoms. The highest BCUT2D eigenvalue weighted by atomic mass is 19.3. The smallest absolute Gasteiger partial charge is 0.344 e. The maximum Gasteiger partial charge on any atom is 0.344 e. The van der Waals surface area contributed by atoms with Crippen molar-refractivity contribution < 1.29 is 18.0 Å². The molecule has 2 unspecified atom stereocenters. The molecule has 2 aliphatic rings. The highest BCUT2D eigenvalue weighted by molar-refractivity contribution is 5.96. The van der Waals surface area contributed by atoms with Crippen molar-refractivity contribution in [3.8, 4) is 11.1 Å². The van der Waals surface area contributed by atoms with Crippen LogP contribution in [0.15, 0.2) is 63.8 Å².